The molecule has 0 aromatic heterocycles. The van der Waals surface area contributed by atoms with Crippen molar-refractivity contribution in [3.63, 3.8) is 0 Å². The molecule has 0 saturated carbocycles. The molecule has 16 nitrogen and oxygen atoms in total. The summed E-state index contributed by atoms with van der Waals surface area (Å²) in [5, 5.41) is 22.9. The maximum atomic E-state index is 13.6. The fraction of sp³-hybridized carbons (Fsp3) is 0.767. The highest BCUT2D eigenvalue weighted by Gasteiger charge is 2.34. The van der Waals surface area contributed by atoms with Crippen molar-refractivity contribution in [2.24, 2.45) is 17.4 Å². The van der Waals surface area contributed by atoms with Gasteiger partial charge in [0, 0.05) is 19.2 Å². The van der Waals surface area contributed by atoms with Gasteiger partial charge in [-0.2, -0.15) is 11.8 Å². The fourth-order valence-electron chi connectivity index (χ4n) is 4.88. The van der Waals surface area contributed by atoms with E-state index in [-0.39, 0.29) is 44.2 Å². The third-order valence-corrected chi connectivity index (χ3v) is 9.01. The molecule has 1 aliphatic rings. The van der Waals surface area contributed by atoms with E-state index in [9.17, 15) is 38.7 Å². The van der Waals surface area contributed by atoms with E-state index in [0.29, 0.717) is 43.7 Å². The van der Waals surface area contributed by atoms with Crippen molar-refractivity contribution in [1.82, 2.24) is 31.5 Å². The summed E-state index contributed by atoms with van der Waals surface area (Å²) in [6.45, 7) is 5.08. The Labute approximate surface area is 281 Å². The van der Waals surface area contributed by atoms with E-state index in [2.05, 4.69) is 26.6 Å². The van der Waals surface area contributed by atoms with Gasteiger partial charge in [0.15, 0.2) is 0 Å². The van der Waals surface area contributed by atoms with Crippen LogP contribution in [0.25, 0.3) is 0 Å². The summed E-state index contributed by atoms with van der Waals surface area (Å²) in [6.07, 6.45) is 1.78. The van der Waals surface area contributed by atoms with Gasteiger partial charge in [0.25, 0.3) is 0 Å². The zero-order valence-corrected chi connectivity index (χ0v) is 28.8. The molecule has 5 unspecified atom stereocenters. The number of rotatable bonds is 12. The molecule has 0 aliphatic carbocycles. The summed E-state index contributed by atoms with van der Waals surface area (Å²) in [6, 6.07) is -5.27. The normalized spacial score (nSPS) is 24.0. The van der Waals surface area contributed by atoms with Crippen LogP contribution >= 0.6 is 11.8 Å². The van der Waals surface area contributed by atoms with Gasteiger partial charge in [0.05, 0.1) is 25.6 Å². The minimum absolute atomic E-state index is 0.0786. The van der Waals surface area contributed by atoms with Gasteiger partial charge in [-0.1, -0.05) is 33.6 Å². The topological polar surface area (TPSA) is 255 Å². The van der Waals surface area contributed by atoms with E-state index in [1.807, 2.05) is 6.92 Å². The highest BCUT2D eigenvalue weighted by atomic mass is 32.2. The molecule has 1 fully saturated rings. The van der Waals surface area contributed by atoms with Crippen molar-refractivity contribution in [1.29, 1.82) is 0 Å². The minimum Gasteiger partial charge on any atom is -0.394 e. The molecule has 1 rings (SSSR count). The molecule has 0 spiro atoms. The van der Waals surface area contributed by atoms with Crippen LogP contribution in [0.5, 0.6) is 0 Å². The third-order valence-electron chi connectivity index (χ3n) is 7.99. The number of hydrogen-bond donors (Lipinski definition) is 8. The Morgan fingerprint density at radius 3 is 2.23 bits per heavy atom. The first-order chi connectivity index (χ1) is 22.3. The van der Waals surface area contributed by atoms with Crippen molar-refractivity contribution in [2.45, 2.75) is 102 Å². The molecule has 6 atom stereocenters. The number of amides is 7. The van der Waals surface area contributed by atoms with Crippen molar-refractivity contribution < 1.29 is 38.7 Å². The Balaban J connectivity index is 3.43. The molecule has 7 amide bonds. The van der Waals surface area contributed by atoms with Crippen LogP contribution in [0, 0.1) is 5.92 Å². The smallest absolute Gasteiger partial charge is 0.245 e. The number of carbonyl (C=O) groups excluding carboxylic acids is 7. The van der Waals surface area contributed by atoms with Crippen LogP contribution in [0.4, 0.5) is 0 Å². The SMILES string of the molecule is CCCC1NC(=O)C(C(C)CC)NC(=O)CNC(=O)CCSCC[C@@H](C(=O)N(C)C(CO)CCCN)NC(=O)C(CC(N)=O)NC1=O. The second-order valence-corrected chi connectivity index (χ2v) is 12.9. The fourth-order valence-corrected chi connectivity index (χ4v) is 5.82. The van der Waals surface area contributed by atoms with Crippen LogP contribution in [0.1, 0.15) is 72.1 Å². The number of likely N-dealkylation sites (N-methyl/N-ethyl adjacent to an activating group) is 1. The zero-order chi connectivity index (χ0) is 35.5. The van der Waals surface area contributed by atoms with Gasteiger partial charge >= 0.3 is 0 Å². The van der Waals surface area contributed by atoms with Crippen LogP contribution in [-0.4, -0.2) is 120 Å². The number of carbonyl (C=O) groups is 7. The van der Waals surface area contributed by atoms with E-state index in [1.54, 1.807) is 13.8 Å². The van der Waals surface area contributed by atoms with E-state index in [1.165, 1.54) is 23.7 Å². The molecule has 268 valence electrons. The van der Waals surface area contributed by atoms with E-state index in [0.717, 1.165) is 0 Å². The van der Waals surface area contributed by atoms with Crippen molar-refractivity contribution in [3.05, 3.63) is 0 Å². The predicted octanol–water partition coefficient (Wildman–Crippen LogP) is -2.15. The van der Waals surface area contributed by atoms with Crippen molar-refractivity contribution in [2.75, 3.05) is 38.2 Å². The van der Waals surface area contributed by atoms with Crippen LogP contribution < -0.4 is 38.1 Å². The molecule has 47 heavy (non-hydrogen) atoms. The highest BCUT2D eigenvalue weighted by Crippen LogP contribution is 2.14. The molecule has 10 N–H and O–H groups in total. The monoisotopic (exact) mass is 686 g/mol. The summed E-state index contributed by atoms with van der Waals surface area (Å²) in [5.41, 5.74) is 11.0. The molecular formula is C30H54N8O8S. The predicted molar refractivity (Wildman–Crippen MR) is 177 cm³/mol. The molecule has 0 aromatic carbocycles. The van der Waals surface area contributed by atoms with Gasteiger partial charge in [0.2, 0.25) is 41.4 Å². The van der Waals surface area contributed by atoms with Gasteiger partial charge < -0.3 is 48.1 Å². The maximum absolute atomic E-state index is 13.6. The van der Waals surface area contributed by atoms with Gasteiger partial charge in [-0.15, -0.1) is 0 Å². The molecule has 0 radical (unpaired) electrons. The van der Waals surface area contributed by atoms with Gasteiger partial charge in [-0.05, 0) is 43.9 Å². The lowest BCUT2D eigenvalue weighted by molar-refractivity contribution is -0.139. The summed E-state index contributed by atoms with van der Waals surface area (Å²) in [7, 11) is 1.50. The van der Waals surface area contributed by atoms with Gasteiger partial charge in [-0.3, -0.25) is 33.6 Å². The average molecular weight is 687 g/mol. The Morgan fingerprint density at radius 1 is 0.979 bits per heavy atom. The van der Waals surface area contributed by atoms with Crippen LogP contribution in [0.2, 0.25) is 0 Å². The molecular weight excluding hydrogens is 632 g/mol. The Kier molecular flexibility index (Phi) is 19.6. The van der Waals surface area contributed by atoms with Crippen molar-refractivity contribution in [3.8, 4) is 0 Å². The molecule has 0 bridgehead atoms. The lowest BCUT2D eigenvalue weighted by atomic mass is 9.97. The average Bonchev–Trinajstić information content (AvgIpc) is 3.03. The number of thioether (sulfide) groups is 1. The Hall–Kier alpha value is -3.44. The zero-order valence-electron chi connectivity index (χ0n) is 28.0. The van der Waals surface area contributed by atoms with E-state index in [4.69, 9.17) is 11.5 Å². The summed E-state index contributed by atoms with van der Waals surface area (Å²) in [5.74, 6) is -4.19. The molecule has 17 heteroatoms. The first-order valence-corrected chi connectivity index (χ1v) is 17.4. The molecule has 1 saturated heterocycles. The highest BCUT2D eigenvalue weighted by molar-refractivity contribution is 7.99. The van der Waals surface area contributed by atoms with E-state index < -0.39 is 72.1 Å². The standard InChI is InChI=1S/C30H54N8O8S/c1-5-8-20-27(43)36-22(15-23(32)40)28(44)35-21(30(46)38(4)19(17-39)9-7-12-31)10-13-47-14-11-24(41)33-16-25(42)37-26(18(3)6-2)29(45)34-20/h18-22,26,39H,5-17,31H2,1-4H3,(H2,32,40)(H,33,41)(H,34,45)(H,35,44)(H,36,43)(H,37,42)/t18?,19?,20?,21-,22?,26?/m0/s1. The summed E-state index contributed by atoms with van der Waals surface area (Å²) in [4.78, 5) is 92.3. The second-order valence-electron chi connectivity index (χ2n) is 11.7. The Morgan fingerprint density at radius 2 is 1.64 bits per heavy atom. The Bertz CT molecular complexity index is 1080. The molecule has 1 heterocycles. The van der Waals surface area contributed by atoms with Crippen molar-refractivity contribution >= 4 is 53.1 Å². The summed E-state index contributed by atoms with van der Waals surface area (Å²) >= 11 is 1.35. The lowest BCUT2D eigenvalue weighted by Crippen LogP contribution is -2.60. The number of hydrogen-bond acceptors (Lipinski definition) is 10. The summed E-state index contributed by atoms with van der Waals surface area (Å²) < 4.78 is 0. The van der Waals surface area contributed by atoms with Crippen LogP contribution in [0.15, 0.2) is 0 Å². The number of primary amides is 1. The quantitative estimate of drug-likeness (QED) is 0.110. The molecule has 1 aliphatic heterocycles. The van der Waals surface area contributed by atoms with E-state index >= 15 is 0 Å². The third kappa shape index (κ3) is 14.9. The van der Waals surface area contributed by atoms with Gasteiger partial charge in [-0.25, -0.2) is 0 Å². The first-order valence-electron chi connectivity index (χ1n) is 16.2. The first kappa shape index (κ1) is 41.6. The van der Waals surface area contributed by atoms with Crippen LogP contribution in [-0.2, 0) is 33.6 Å². The number of nitrogens with two attached hydrogens (primary N) is 2. The lowest BCUT2D eigenvalue weighted by Gasteiger charge is -2.31. The van der Waals surface area contributed by atoms with Crippen LogP contribution in [0.3, 0.4) is 0 Å². The minimum atomic E-state index is -1.46. The maximum Gasteiger partial charge on any atom is 0.245 e. The number of nitrogens with one attached hydrogen (secondary N) is 5. The number of aliphatic hydroxyl groups is 1. The van der Waals surface area contributed by atoms with Gasteiger partial charge in [0.1, 0.15) is 24.2 Å². The number of aliphatic hydroxyl groups excluding tert-OH is 1. The second kappa shape index (κ2) is 22.2. The molecule has 0 aromatic rings. The largest absolute Gasteiger partial charge is 0.394 e. The number of nitrogens with zero attached hydrogens (tertiary/aromatic N) is 1.